The second-order valence-corrected chi connectivity index (χ2v) is 9.04. The van der Waals surface area contributed by atoms with Crippen molar-refractivity contribution < 1.29 is 8.42 Å². The highest BCUT2D eigenvalue weighted by molar-refractivity contribution is 7.86. The first kappa shape index (κ1) is 20.5. The molecule has 0 spiro atoms. The topological polar surface area (TPSA) is 115 Å². The molecule has 11 nitrogen and oxygen atoms in total. The summed E-state index contributed by atoms with van der Waals surface area (Å²) in [5.74, 6) is 0.243. The van der Waals surface area contributed by atoms with E-state index < -0.39 is 21.5 Å². The second kappa shape index (κ2) is 7.67. The summed E-state index contributed by atoms with van der Waals surface area (Å²) in [6.07, 6.45) is 0. The van der Waals surface area contributed by atoms with Gasteiger partial charge in [-0.3, -0.25) is 13.9 Å². The normalized spacial score (nSPS) is 20.3. The highest BCUT2D eigenvalue weighted by Crippen LogP contribution is 2.20. The zero-order chi connectivity index (χ0) is 20.6. The van der Waals surface area contributed by atoms with Crippen molar-refractivity contribution in [2.45, 2.75) is 0 Å². The molecule has 0 aromatic carbocycles. The van der Waals surface area contributed by atoms with E-state index in [1.165, 1.54) is 27.3 Å². The minimum absolute atomic E-state index is 0.111. The molecule has 0 atom stereocenters. The maximum atomic E-state index is 12.9. The Morgan fingerprint density at radius 2 is 1.32 bits per heavy atom. The molecule has 154 valence electrons. The van der Waals surface area contributed by atoms with Crippen molar-refractivity contribution in [1.29, 1.82) is 5.26 Å². The van der Waals surface area contributed by atoms with Gasteiger partial charge in [0, 0.05) is 66.5 Å². The molecule has 2 aliphatic rings. The summed E-state index contributed by atoms with van der Waals surface area (Å²) in [5, 5.41) is 9.42. The summed E-state index contributed by atoms with van der Waals surface area (Å²) < 4.78 is 30.9. The van der Waals surface area contributed by atoms with Crippen LogP contribution in [0.1, 0.15) is 5.56 Å². The van der Waals surface area contributed by atoms with E-state index in [4.69, 9.17) is 0 Å². The van der Waals surface area contributed by atoms with Crippen molar-refractivity contribution in [2.75, 3.05) is 64.3 Å². The van der Waals surface area contributed by atoms with E-state index in [1.54, 1.807) is 4.90 Å². The van der Waals surface area contributed by atoms with E-state index in [-0.39, 0.29) is 24.5 Å². The Morgan fingerprint density at radius 3 is 1.82 bits per heavy atom. The van der Waals surface area contributed by atoms with Gasteiger partial charge in [-0.15, -0.1) is 0 Å². The molecule has 28 heavy (non-hydrogen) atoms. The molecule has 0 unspecified atom stereocenters. The number of anilines is 1. The number of likely N-dealkylation sites (N-methyl/N-ethyl adjacent to an activating group) is 1. The van der Waals surface area contributed by atoms with Crippen LogP contribution in [-0.2, 0) is 24.3 Å². The summed E-state index contributed by atoms with van der Waals surface area (Å²) >= 11 is 0. The van der Waals surface area contributed by atoms with Crippen molar-refractivity contribution >= 4 is 16.0 Å². The van der Waals surface area contributed by atoms with Gasteiger partial charge in [-0.05, 0) is 7.05 Å². The van der Waals surface area contributed by atoms with E-state index in [9.17, 15) is 23.3 Å². The molecule has 0 amide bonds. The maximum absolute atomic E-state index is 12.9. The first-order valence-corrected chi connectivity index (χ1v) is 10.5. The van der Waals surface area contributed by atoms with Gasteiger partial charge in [0.2, 0.25) is 0 Å². The number of aromatic nitrogens is 2. The minimum Gasteiger partial charge on any atom is -0.354 e. The van der Waals surface area contributed by atoms with Gasteiger partial charge in [-0.2, -0.15) is 22.3 Å². The molecule has 12 heteroatoms. The Bertz CT molecular complexity index is 1010. The molecule has 0 saturated carbocycles. The quantitative estimate of drug-likeness (QED) is 0.543. The predicted molar refractivity (Wildman–Crippen MR) is 103 cm³/mol. The van der Waals surface area contributed by atoms with Gasteiger partial charge in [-0.25, -0.2) is 4.79 Å². The molecule has 0 aliphatic carbocycles. The molecule has 0 N–H and O–H groups in total. The summed E-state index contributed by atoms with van der Waals surface area (Å²) in [7, 11) is 1.25. The lowest BCUT2D eigenvalue weighted by Crippen LogP contribution is -2.57. The van der Waals surface area contributed by atoms with Crippen LogP contribution < -0.4 is 16.1 Å². The van der Waals surface area contributed by atoms with Crippen molar-refractivity contribution in [3.8, 4) is 6.07 Å². The molecule has 1 aromatic heterocycles. The van der Waals surface area contributed by atoms with Gasteiger partial charge in [0.15, 0.2) is 5.56 Å². The van der Waals surface area contributed by atoms with Crippen LogP contribution in [0.25, 0.3) is 0 Å². The van der Waals surface area contributed by atoms with Crippen molar-refractivity contribution in [2.24, 2.45) is 14.1 Å². The highest BCUT2D eigenvalue weighted by atomic mass is 32.2. The molecule has 0 bridgehead atoms. The van der Waals surface area contributed by atoms with E-state index in [0.717, 1.165) is 4.57 Å². The Kier molecular flexibility index (Phi) is 5.62. The van der Waals surface area contributed by atoms with E-state index in [0.29, 0.717) is 39.3 Å². The average molecular weight is 411 g/mol. The van der Waals surface area contributed by atoms with Gasteiger partial charge >= 0.3 is 5.69 Å². The molecule has 2 saturated heterocycles. The lowest BCUT2D eigenvalue weighted by molar-refractivity contribution is 0.210. The van der Waals surface area contributed by atoms with E-state index in [1.807, 2.05) is 13.1 Å². The maximum Gasteiger partial charge on any atom is 0.332 e. The monoisotopic (exact) mass is 411 g/mol. The third-order valence-corrected chi connectivity index (χ3v) is 7.43. The summed E-state index contributed by atoms with van der Waals surface area (Å²) in [6.45, 7) is 3.35. The van der Waals surface area contributed by atoms with Gasteiger partial charge in [0.1, 0.15) is 11.9 Å². The molecule has 2 fully saturated rings. The van der Waals surface area contributed by atoms with Gasteiger partial charge in [0.05, 0.1) is 0 Å². The summed E-state index contributed by atoms with van der Waals surface area (Å²) in [6, 6.07) is 1.89. The Balaban J connectivity index is 1.81. The number of hydrogen-bond acceptors (Lipinski definition) is 7. The van der Waals surface area contributed by atoms with Gasteiger partial charge in [0.25, 0.3) is 15.8 Å². The van der Waals surface area contributed by atoms with Crippen LogP contribution in [0, 0.1) is 11.3 Å². The zero-order valence-electron chi connectivity index (χ0n) is 16.3. The van der Waals surface area contributed by atoms with Crippen molar-refractivity contribution in [3.63, 3.8) is 0 Å². The number of nitriles is 1. The Morgan fingerprint density at radius 1 is 0.821 bits per heavy atom. The molecule has 3 rings (SSSR count). The standard InChI is InChI=1S/C16H25N7O4S/c1-18-4-8-22(9-5-18)28(26,27)23-10-6-21(7-11-23)14-13(12-17)15(24)20(3)16(25)19(14)2/h4-11H2,1-3H3. The first-order chi connectivity index (χ1) is 13.2. The molecule has 2 aliphatic heterocycles. The summed E-state index contributed by atoms with van der Waals surface area (Å²) in [4.78, 5) is 28.3. The third kappa shape index (κ3) is 3.46. The lowest BCUT2D eigenvalue weighted by Gasteiger charge is -2.40. The van der Waals surface area contributed by atoms with Crippen LogP contribution in [0.4, 0.5) is 5.82 Å². The Hall–Kier alpha value is -2.20. The van der Waals surface area contributed by atoms with Crippen molar-refractivity contribution in [1.82, 2.24) is 22.6 Å². The lowest BCUT2D eigenvalue weighted by atomic mass is 10.2. The average Bonchev–Trinajstić information content (AvgIpc) is 2.69. The van der Waals surface area contributed by atoms with E-state index in [2.05, 4.69) is 4.90 Å². The second-order valence-electron chi connectivity index (χ2n) is 7.11. The number of hydrogen-bond donors (Lipinski definition) is 0. The van der Waals surface area contributed by atoms with Crippen LogP contribution in [0.15, 0.2) is 9.59 Å². The van der Waals surface area contributed by atoms with Gasteiger partial charge in [-0.1, -0.05) is 0 Å². The van der Waals surface area contributed by atoms with Crippen LogP contribution in [-0.4, -0.2) is 90.5 Å². The largest absolute Gasteiger partial charge is 0.354 e. The van der Waals surface area contributed by atoms with Crippen LogP contribution in [0.2, 0.25) is 0 Å². The number of rotatable bonds is 3. The highest BCUT2D eigenvalue weighted by Gasteiger charge is 2.35. The fourth-order valence-electron chi connectivity index (χ4n) is 3.61. The third-order valence-electron chi connectivity index (χ3n) is 5.40. The smallest absolute Gasteiger partial charge is 0.332 e. The summed E-state index contributed by atoms with van der Waals surface area (Å²) in [5.41, 5.74) is -1.28. The fraction of sp³-hybridized carbons (Fsp3) is 0.688. The molecular formula is C16H25N7O4S. The first-order valence-electron chi connectivity index (χ1n) is 9.07. The predicted octanol–water partition coefficient (Wildman–Crippen LogP) is -2.43. The van der Waals surface area contributed by atoms with Crippen LogP contribution in [0.5, 0.6) is 0 Å². The fourth-order valence-corrected chi connectivity index (χ4v) is 5.19. The number of piperazine rings is 2. The van der Waals surface area contributed by atoms with Crippen LogP contribution in [0.3, 0.4) is 0 Å². The zero-order valence-corrected chi connectivity index (χ0v) is 17.1. The molecular weight excluding hydrogens is 386 g/mol. The minimum atomic E-state index is -3.55. The SMILES string of the molecule is CN1CCN(S(=O)(=O)N2CCN(c3c(C#N)c(=O)n(C)c(=O)n3C)CC2)CC1. The van der Waals surface area contributed by atoms with Crippen molar-refractivity contribution in [3.05, 3.63) is 26.4 Å². The van der Waals surface area contributed by atoms with Gasteiger partial charge < -0.3 is 9.80 Å². The van der Waals surface area contributed by atoms with Crippen LogP contribution >= 0.6 is 0 Å². The number of nitrogens with zero attached hydrogens (tertiary/aromatic N) is 7. The molecule has 0 radical (unpaired) electrons. The molecule has 3 heterocycles. The Labute approximate surface area is 163 Å². The molecule has 1 aromatic rings. The van der Waals surface area contributed by atoms with E-state index >= 15 is 0 Å².